The maximum Gasteiger partial charge on any atom is 0.129 e. The highest BCUT2D eigenvalue weighted by atomic mass is 16.5. The maximum atomic E-state index is 9.98. The largest absolute Gasteiger partial charge is 0.467 e. The normalized spacial score (nSPS) is 12.3. The molecule has 0 spiro atoms. The Morgan fingerprint density at radius 1 is 1.30 bits per heavy atom. The summed E-state index contributed by atoms with van der Waals surface area (Å²) < 4.78 is 10.6. The van der Waals surface area contributed by atoms with Crippen LogP contribution in [0.2, 0.25) is 0 Å². The van der Waals surface area contributed by atoms with Crippen LogP contribution in [0, 0.1) is 6.92 Å². The summed E-state index contributed by atoms with van der Waals surface area (Å²) in [4.78, 5) is 2.02. The van der Waals surface area contributed by atoms with E-state index in [1.807, 2.05) is 36.2 Å². The number of ether oxygens (including phenoxy) is 1. The number of aliphatic hydroxyl groups is 1. The molecule has 0 bridgehead atoms. The van der Waals surface area contributed by atoms with Crippen LogP contribution in [0.3, 0.4) is 0 Å². The molecule has 0 saturated heterocycles. The second-order valence-corrected chi connectivity index (χ2v) is 4.97. The van der Waals surface area contributed by atoms with Crippen molar-refractivity contribution in [2.45, 2.75) is 19.6 Å². The number of nitrogens with zero attached hydrogens (tertiary/aromatic N) is 1. The van der Waals surface area contributed by atoms with Gasteiger partial charge in [0.2, 0.25) is 0 Å². The van der Waals surface area contributed by atoms with Crippen molar-refractivity contribution < 1.29 is 14.3 Å². The molecule has 0 aliphatic carbocycles. The van der Waals surface area contributed by atoms with Gasteiger partial charge in [0.1, 0.15) is 12.4 Å². The number of aryl methyl sites for hydroxylation is 1. The van der Waals surface area contributed by atoms with Crippen LogP contribution in [-0.2, 0) is 11.3 Å². The van der Waals surface area contributed by atoms with Gasteiger partial charge in [-0.25, -0.2) is 0 Å². The van der Waals surface area contributed by atoms with Crippen LogP contribution in [0.25, 0.3) is 0 Å². The van der Waals surface area contributed by atoms with Gasteiger partial charge in [-0.15, -0.1) is 0 Å². The van der Waals surface area contributed by atoms with Gasteiger partial charge in [0, 0.05) is 19.3 Å². The van der Waals surface area contributed by atoms with E-state index in [1.165, 1.54) is 5.56 Å². The third-order valence-corrected chi connectivity index (χ3v) is 3.06. The minimum absolute atomic E-state index is 0.289. The fourth-order valence-electron chi connectivity index (χ4n) is 2.03. The number of aliphatic hydroxyl groups excluding tert-OH is 1. The predicted molar refractivity (Wildman–Crippen MR) is 78.8 cm³/mol. The highest BCUT2D eigenvalue weighted by Gasteiger charge is 2.09. The van der Waals surface area contributed by atoms with E-state index in [0.29, 0.717) is 13.2 Å². The zero-order chi connectivity index (χ0) is 14.4. The zero-order valence-corrected chi connectivity index (χ0v) is 12.0. The quantitative estimate of drug-likeness (QED) is 0.843. The molecule has 1 aromatic heterocycles. The maximum absolute atomic E-state index is 9.98. The topological polar surface area (TPSA) is 45.8 Å². The van der Waals surface area contributed by atoms with E-state index in [-0.39, 0.29) is 6.61 Å². The first-order chi connectivity index (χ1) is 9.65. The number of likely N-dealkylation sites (N-methyl/N-ethyl adjacent to an activating group) is 1. The lowest BCUT2D eigenvalue weighted by Gasteiger charge is -2.23. The van der Waals surface area contributed by atoms with Gasteiger partial charge in [0.25, 0.3) is 0 Å². The molecule has 0 fully saturated rings. The molecule has 108 valence electrons. The second kappa shape index (κ2) is 7.12. The van der Waals surface area contributed by atoms with Gasteiger partial charge < -0.3 is 19.2 Å². The average Bonchev–Trinajstić information content (AvgIpc) is 2.92. The Bertz CT molecular complexity index is 510. The van der Waals surface area contributed by atoms with Crippen molar-refractivity contribution in [3.05, 3.63) is 54.0 Å². The molecule has 0 saturated carbocycles. The Morgan fingerprint density at radius 3 is 2.85 bits per heavy atom. The minimum atomic E-state index is -0.532. The molecular formula is C16H21NO3. The summed E-state index contributed by atoms with van der Waals surface area (Å²) in [6.07, 6.45) is 1.08. The molecule has 0 aliphatic heterocycles. The molecule has 2 rings (SSSR count). The molecule has 4 heteroatoms. The number of hydrogen-bond acceptors (Lipinski definition) is 4. The molecule has 0 amide bonds. The monoisotopic (exact) mass is 275 g/mol. The van der Waals surface area contributed by atoms with Gasteiger partial charge in [-0.2, -0.15) is 0 Å². The fourth-order valence-corrected chi connectivity index (χ4v) is 2.03. The van der Waals surface area contributed by atoms with E-state index in [9.17, 15) is 5.11 Å². The summed E-state index contributed by atoms with van der Waals surface area (Å²) in [6.45, 7) is 3.26. The number of furan rings is 1. The van der Waals surface area contributed by atoms with E-state index in [1.54, 1.807) is 6.26 Å². The number of anilines is 1. The van der Waals surface area contributed by atoms with E-state index in [2.05, 4.69) is 19.1 Å². The lowest BCUT2D eigenvalue weighted by molar-refractivity contribution is 0.0260. The van der Waals surface area contributed by atoms with Gasteiger partial charge >= 0.3 is 0 Å². The second-order valence-electron chi connectivity index (χ2n) is 4.97. The Labute approximate surface area is 119 Å². The van der Waals surface area contributed by atoms with Crippen LogP contribution in [0.5, 0.6) is 0 Å². The van der Waals surface area contributed by atoms with E-state index in [0.717, 1.165) is 11.4 Å². The summed E-state index contributed by atoms with van der Waals surface area (Å²) in [5, 5.41) is 9.98. The average molecular weight is 275 g/mol. The van der Waals surface area contributed by atoms with Gasteiger partial charge in [-0.1, -0.05) is 12.1 Å². The lowest BCUT2D eigenvalue weighted by Crippen LogP contribution is -2.32. The molecule has 1 atom stereocenters. The molecule has 1 N–H and O–H groups in total. The first-order valence-corrected chi connectivity index (χ1v) is 6.71. The molecule has 0 radical (unpaired) electrons. The molecule has 1 heterocycles. The first-order valence-electron chi connectivity index (χ1n) is 6.71. The van der Waals surface area contributed by atoms with Crippen molar-refractivity contribution in [3.8, 4) is 0 Å². The number of benzene rings is 1. The summed E-state index contributed by atoms with van der Waals surface area (Å²) in [6, 6.07) is 11.9. The van der Waals surface area contributed by atoms with Crippen LogP contribution in [0.15, 0.2) is 47.1 Å². The van der Waals surface area contributed by atoms with Crippen molar-refractivity contribution in [3.63, 3.8) is 0 Å². The molecule has 1 aromatic carbocycles. The van der Waals surface area contributed by atoms with E-state index in [4.69, 9.17) is 9.15 Å². The number of hydrogen-bond donors (Lipinski definition) is 1. The van der Waals surface area contributed by atoms with Crippen LogP contribution >= 0.6 is 0 Å². The summed E-state index contributed by atoms with van der Waals surface area (Å²) in [5.41, 5.74) is 2.30. The summed E-state index contributed by atoms with van der Waals surface area (Å²) in [5.74, 6) is 0.768. The van der Waals surface area contributed by atoms with Crippen LogP contribution in [0.4, 0.5) is 5.69 Å². The van der Waals surface area contributed by atoms with Crippen LogP contribution in [0.1, 0.15) is 11.3 Å². The molecule has 2 aromatic rings. The van der Waals surface area contributed by atoms with Gasteiger partial charge in [-0.05, 0) is 36.8 Å². The standard InChI is InChI=1S/C16H21NO3/c1-13-5-3-6-14(9-13)17(2)10-15(18)11-19-12-16-7-4-8-20-16/h3-9,15,18H,10-12H2,1-2H3. The summed E-state index contributed by atoms with van der Waals surface area (Å²) in [7, 11) is 1.96. The van der Waals surface area contributed by atoms with E-state index < -0.39 is 6.10 Å². The molecule has 4 nitrogen and oxygen atoms in total. The fraction of sp³-hybridized carbons (Fsp3) is 0.375. The first kappa shape index (κ1) is 14.6. The molecular weight excluding hydrogens is 254 g/mol. The van der Waals surface area contributed by atoms with Crippen LogP contribution in [-0.4, -0.2) is 31.4 Å². The smallest absolute Gasteiger partial charge is 0.129 e. The third-order valence-electron chi connectivity index (χ3n) is 3.06. The van der Waals surface area contributed by atoms with Gasteiger partial charge in [0.05, 0.1) is 19.0 Å². The van der Waals surface area contributed by atoms with Crippen molar-refractivity contribution in [2.75, 3.05) is 25.1 Å². The Hall–Kier alpha value is -1.78. The van der Waals surface area contributed by atoms with Gasteiger partial charge in [0.15, 0.2) is 0 Å². The molecule has 0 aliphatic rings. The summed E-state index contributed by atoms with van der Waals surface area (Å²) >= 11 is 0. The SMILES string of the molecule is Cc1cccc(N(C)CC(O)COCc2ccco2)c1. The Balaban J connectivity index is 1.74. The molecule has 1 unspecified atom stereocenters. The van der Waals surface area contributed by atoms with Crippen molar-refractivity contribution in [2.24, 2.45) is 0 Å². The predicted octanol–water partition coefficient (Wildman–Crippen LogP) is 2.60. The van der Waals surface area contributed by atoms with Gasteiger partial charge in [-0.3, -0.25) is 0 Å². The highest BCUT2D eigenvalue weighted by molar-refractivity contribution is 5.47. The molecule has 20 heavy (non-hydrogen) atoms. The highest BCUT2D eigenvalue weighted by Crippen LogP contribution is 2.14. The Kier molecular flexibility index (Phi) is 5.21. The minimum Gasteiger partial charge on any atom is -0.467 e. The van der Waals surface area contributed by atoms with E-state index >= 15 is 0 Å². The third kappa shape index (κ3) is 4.40. The zero-order valence-electron chi connectivity index (χ0n) is 12.0. The van der Waals surface area contributed by atoms with Crippen molar-refractivity contribution in [1.82, 2.24) is 0 Å². The number of rotatable bonds is 7. The van der Waals surface area contributed by atoms with Crippen LogP contribution < -0.4 is 4.90 Å². The van der Waals surface area contributed by atoms with Crippen molar-refractivity contribution >= 4 is 5.69 Å². The lowest BCUT2D eigenvalue weighted by atomic mass is 10.2. The Morgan fingerprint density at radius 2 is 2.15 bits per heavy atom. The van der Waals surface area contributed by atoms with Crippen molar-refractivity contribution in [1.29, 1.82) is 0 Å².